The number of carbonyl (C=O) groups excluding carboxylic acids is 3. The molecule has 2 aliphatic heterocycles. The third-order valence-electron chi connectivity index (χ3n) is 14.6. The summed E-state index contributed by atoms with van der Waals surface area (Å²) in [4.78, 5) is 50.9. The quantitative estimate of drug-likeness (QED) is 0.250. The van der Waals surface area contributed by atoms with E-state index in [9.17, 15) is 18.0 Å². The van der Waals surface area contributed by atoms with Gasteiger partial charge in [-0.25, -0.2) is 22.9 Å². The maximum Gasteiger partial charge on any atom is 0.343 e. The van der Waals surface area contributed by atoms with Gasteiger partial charge in [-0.3, -0.25) is 9.59 Å². The molecular weight excluding hydrogens is 727 g/mol. The molecule has 0 bridgehead atoms. The first-order valence-electron chi connectivity index (χ1n) is 20.7. The smallest absolute Gasteiger partial charge is 0.343 e. The van der Waals surface area contributed by atoms with Crippen LogP contribution in [0, 0.1) is 16.2 Å². The molecule has 0 radical (unpaired) electrons. The first-order valence-corrected chi connectivity index (χ1v) is 22.3. The highest BCUT2D eigenvalue weighted by molar-refractivity contribution is 7.90. The van der Waals surface area contributed by atoms with Crippen LogP contribution in [0.3, 0.4) is 0 Å². The largest absolute Gasteiger partial charge is 0.497 e. The predicted octanol–water partition coefficient (Wildman–Crippen LogP) is 7.62. The van der Waals surface area contributed by atoms with Crippen LogP contribution in [-0.4, -0.2) is 83.9 Å². The summed E-state index contributed by atoms with van der Waals surface area (Å²) < 4.78 is 35.9. The molecule has 12 heteroatoms. The molecule has 1 saturated heterocycles. The van der Waals surface area contributed by atoms with Gasteiger partial charge in [0, 0.05) is 76.2 Å². The van der Waals surface area contributed by atoms with E-state index in [0.29, 0.717) is 32.0 Å². The lowest BCUT2D eigenvalue weighted by Crippen LogP contribution is -2.42. The van der Waals surface area contributed by atoms with Gasteiger partial charge in [-0.05, 0) is 121 Å². The molecule has 3 heterocycles. The molecule has 2 aromatic carbocycles. The number of urea groups is 1. The number of sulfonamides is 1. The van der Waals surface area contributed by atoms with Gasteiger partial charge in [0.05, 0.1) is 23.5 Å². The Morgan fingerprint density at radius 2 is 1.59 bits per heavy atom. The molecule has 298 valence electrons. The van der Waals surface area contributed by atoms with Crippen molar-refractivity contribution in [1.82, 2.24) is 19.1 Å². The van der Waals surface area contributed by atoms with Gasteiger partial charge >= 0.3 is 6.03 Å². The van der Waals surface area contributed by atoms with E-state index in [-0.39, 0.29) is 46.3 Å². The zero-order valence-electron chi connectivity index (χ0n) is 33.8. The number of hydrogen-bond acceptors (Lipinski definition) is 6. The molecule has 4 saturated carbocycles. The average Bonchev–Trinajstić information content (AvgIpc) is 3.88. The van der Waals surface area contributed by atoms with Crippen molar-refractivity contribution in [2.75, 3.05) is 20.2 Å². The molecule has 56 heavy (non-hydrogen) atoms. The number of methoxy groups -OCH3 is 1. The third kappa shape index (κ3) is 5.22. The zero-order valence-corrected chi connectivity index (χ0v) is 34.6. The number of hydrogen-bond donors (Lipinski definition) is 1. The fourth-order valence-corrected chi connectivity index (χ4v) is 12.1. The fourth-order valence-electron chi connectivity index (χ4n) is 11.5. The average molecular weight is 782 g/mol. The molecule has 11 nitrogen and oxygen atoms in total. The van der Waals surface area contributed by atoms with E-state index in [0.717, 1.165) is 77.7 Å². The van der Waals surface area contributed by atoms with Gasteiger partial charge in [0.15, 0.2) is 0 Å². The van der Waals surface area contributed by atoms with Crippen LogP contribution in [0.25, 0.3) is 22.2 Å². The van der Waals surface area contributed by atoms with E-state index in [4.69, 9.17) is 9.73 Å². The first kappa shape index (κ1) is 37.4. The molecule has 3 aromatic rings. The van der Waals surface area contributed by atoms with Crippen LogP contribution in [0.15, 0.2) is 41.4 Å². The van der Waals surface area contributed by atoms with Crippen molar-refractivity contribution in [3.05, 3.63) is 53.1 Å². The van der Waals surface area contributed by atoms with Crippen molar-refractivity contribution in [2.24, 2.45) is 21.2 Å². The zero-order chi connectivity index (χ0) is 39.7. The molecule has 1 aromatic heterocycles. The molecule has 2 unspecified atom stereocenters. The lowest BCUT2D eigenvalue weighted by atomic mass is 9.77. The van der Waals surface area contributed by atoms with Crippen molar-refractivity contribution in [3.8, 4) is 17.0 Å². The Morgan fingerprint density at radius 3 is 2.20 bits per heavy atom. The monoisotopic (exact) mass is 781 g/mol. The van der Waals surface area contributed by atoms with E-state index in [1.165, 1.54) is 12.0 Å². The van der Waals surface area contributed by atoms with Crippen LogP contribution in [0.5, 0.6) is 5.75 Å². The van der Waals surface area contributed by atoms with E-state index in [1.54, 1.807) is 27.0 Å². The summed E-state index contributed by atoms with van der Waals surface area (Å²) in [6.45, 7) is 12.8. The van der Waals surface area contributed by atoms with Crippen molar-refractivity contribution in [3.63, 3.8) is 0 Å². The van der Waals surface area contributed by atoms with E-state index in [2.05, 4.69) is 26.3 Å². The van der Waals surface area contributed by atoms with Crippen LogP contribution in [0.2, 0.25) is 0 Å². The van der Waals surface area contributed by atoms with Gasteiger partial charge < -0.3 is 19.1 Å². The van der Waals surface area contributed by atoms with E-state index in [1.807, 2.05) is 50.8 Å². The van der Waals surface area contributed by atoms with Crippen LogP contribution >= 0.6 is 0 Å². The minimum Gasteiger partial charge on any atom is -0.497 e. The summed E-state index contributed by atoms with van der Waals surface area (Å²) in [7, 11) is -2.16. The molecule has 1 N–H and O–H groups in total. The number of carbonyl (C=O) groups is 3. The molecule has 4 amide bonds. The summed E-state index contributed by atoms with van der Waals surface area (Å²) >= 11 is 0. The Kier molecular flexibility index (Phi) is 8.45. The van der Waals surface area contributed by atoms with Crippen LogP contribution in [-0.2, 0) is 21.4 Å². The minimum atomic E-state index is -3.84. The highest BCUT2D eigenvalue weighted by atomic mass is 32.2. The van der Waals surface area contributed by atoms with Gasteiger partial charge in [-0.1, -0.05) is 25.3 Å². The number of piperidine rings is 1. The first-order chi connectivity index (χ1) is 26.6. The summed E-state index contributed by atoms with van der Waals surface area (Å²) in [5.74, 6) is 0.553. The number of benzene rings is 2. The maximum absolute atomic E-state index is 15.3. The van der Waals surface area contributed by atoms with Crippen LogP contribution in [0.1, 0.15) is 126 Å². The Morgan fingerprint density at radius 1 is 0.911 bits per heavy atom. The lowest BCUT2D eigenvalue weighted by Gasteiger charge is -2.29. The highest BCUT2D eigenvalue weighted by Crippen LogP contribution is 2.79. The van der Waals surface area contributed by atoms with Gasteiger partial charge in [0.2, 0.25) is 15.9 Å². The van der Waals surface area contributed by atoms with E-state index < -0.39 is 26.6 Å². The summed E-state index contributed by atoms with van der Waals surface area (Å²) in [6.07, 6.45) is 8.21. The number of amides is 4. The standard InChI is InChI=1S/C44H55N5O6S/c1-25(2)49(26(3)4)41(52)45-39-43-17-18-44(39,43)24-47(23-43)40(51)42-21-34(42)33-20-30(55-7)14-16-31(33)37-36(28-11-9-8-10-12-28)32-15-13-29(19-35(32)48(37)22-42)38(50)46-56(53,54)27(5)6/h13-16,19-20,25-28,34H,8-12,17-18,21-24H2,1-7H3,(H,46,50)/t34-,42-,43?,44?/m0/s1. The molecule has 9 rings (SSSR count). The molecule has 6 aliphatic rings. The second kappa shape index (κ2) is 12.7. The lowest BCUT2D eigenvalue weighted by molar-refractivity contribution is -0.137. The second-order valence-electron chi connectivity index (χ2n) is 18.5. The SMILES string of the molecule is COc1ccc2c(c1)[C@@H]1C[C@]1(C(=O)N1CC34CCC3(C1)C4=NC(=O)N(C(C)C)C(C)C)Cn1c-2c(C2CCCCC2)c2ccc(C(=O)NS(=O)(=O)C(C)C)cc21. The van der Waals surface area contributed by atoms with Crippen LogP contribution in [0.4, 0.5) is 4.79 Å². The fraction of sp³-hybridized carbons (Fsp3) is 0.591. The number of ether oxygens (including phenoxy) is 1. The topological polar surface area (TPSA) is 130 Å². The van der Waals surface area contributed by atoms with Crippen LogP contribution < -0.4 is 9.46 Å². The molecule has 0 spiro atoms. The van der Waals surface area contributed by atoms with Gasteiger partial charge in [0.25, 0.3) is 5.91 Å². The number of likely N-dealkylation sites (tertiary alicyclic amines) is 1. The number of nitrogens with one attached hydrogen (secondary N) is 1. The van der Waals surface area contributed by atoms with Gasteiger partial charge in [-0.2, -0.15) is 0 Å². The van der Waals surface area contributed by atoms with Crippen molar-refractivity contribution >= 4 is 44.5 Å². The van der Waals surface area contributed by atoms with Crippen molar-refractivity contribution in [2.45, 2.75) is 129 Å². The highest BCUT2D eigenvalue weighted by Gasteiger charge is 2.85. The summed E-state index contributed by atoms with van der Waals surface area (Å²) in [6, 6.07) is 11.8. The number of nitrogens with zero attached hydrogens (tertiary/aromatic N) is 4. The Bertz CT molecular complexity index is 2310. The van der Waals surface area contributed by atoms with Crippen molar-refractivity contribution < 1.29 is 27.5 Å². The molecular formula is C44H55N5O6S. The number of aromatic nitrogens is 1. The second-order valence-corrected chi connectivity index (χ2v) is 20.7. The normalized spacial score (nSPS) is 27.5. The van der Waals surface area contributed by atoms with E-state index >= 15 is 4.79 Å². The Hall–Kier alpha value is -4.19. The number of rotatable bonds is 8. The summed E-state index contributed by atoms with van der Waals surface area (Å²) in [5, 5.41) is 0.298. The third-order valence-corrected chi connectivity index (χ3v) is 16.3. The Labute approximate surface area is 330 Å². The Balaban J connectivity index is 1.13. The molecule has 4 atom stereocenters. The molecule has 4 aliphatic carbocycles. The minimum absolute atomic E-state index is 0.0122. The van der Waals surface area contributed by atoms with Gasteiger partial charge in [0.1, 0.15) is 5.75 Å². The number of fused-ring (bicyclic) bond motifs is 7. The van der Waals surface area contributed by atoms with Crippen molar-refractivity contribution in [1.29, 1.82) is 0 Å². The summed E-state index contributed by atoms with van der Waals surface area (Å²) in [5.41, 5.74) is 5.59. The van der Waals surface area contributed by atoms with Gasteiger partial charge in [-0.15, -0.1) is 0 Å². The predicted molar refractivity (Wildman–Crippen MR) is 217 cm³/mol. The number of aliphatic imine (C=N–C) groups is 1. The molecule has 5 fully saturated rings. The maximum atomic E-state index is 15.3.